The number of rotatable bonds is 5. The fraction of sp³-hybridized carbons (Fsp3) is 0.867. The van der Waals surface area contributed by atoms with Crippen molar-refractivity contribution in [1.29, 1.82) is 0 Å². The van der Waals surface area contributed by atoms with Crippen LogP contribution in [0.25, 0.3) is 0 Å². The van der Waals surface area contributed by atoms with Crippen LogP contribution in [-0.4, -0.2) is 29.2 Å². The van der Waals surface area contributed by atoms with Crippen LogP contribution in [0.1, 0.15) is 59.8 Å². The predicted molar refractivity (Wildman–Crippen MR) is 78.6 cm³/mol. The maximum absolute atomic E-state index is 11.9. The Labute approximate surface area is 121 Å². The molecule has 116 valence electrons. The third-order valence-corrected chi connectivity index (χ3v) is 4.44. The zero-order valence-corrected chi connectivity index (χ0v) is 13.0. The van der Waals surface area contributed by atoms with E-state index in [0.717, 1.165) is 32.1 Å². The number of hydrogen-bond acceptors (Lipinski definition) is 2. The van der Waals surface area contributed by atoms with E-state index in [0.29, 0.717) is 5.41 Å². The lowest BCUT2D eigenvalue weighted by Gasteiger charge is -2.34. The summed E-state index contributed by atoms with van der Waals surface area (Å²) in [6, 6.07) is -1.02. The van der Waals surface area contributed by atoms with Gasteiger partial charge in [-0.3, -0.25) is 0 Å². The van der Waals surface area contributed by atoms with Crippen LogP contribution in [0.2, 0.25) is 0 Å². The largest absolute Gasteiger partial charge is 0.480 e. The van der Waals surface area contributed by atoms with Gasteiger partial charge in [-0.15, -0.1) is 0 Å². The lowest BCUT2D eigenvalue weighted by molar-refractivity contribution is -0.140. The van der Waals surface area contributed by atoms with Gasteiger partial charge in [-0.2, -0.15) is 0 Å². The average Bonchev–Trinajstić information content (AvgIpc) is 2.37. The number of carboxylic acids is 1. The molecule has 0 heterocycles. The van der Waals surface area contributed by atoms with Crippen molar-refractivity contribution in [2.45, 2.75) is 71.9 Å². The summed E-state index contributed by atoms with van der Waals surface area (Å²) in [5.41, 5.74) is 0.356. The molecule has 1 saturated carbocycles. The van der Waals surface area contributed by atoms with E-state index >= 15 is 0 Å². The van der Waals surface area contributed by atoms with Crippen LogP contribution in [0.3, 0.4) is 0 Å². The van der Waals surface area contributed by atoms with Crippen molar-refractivity contribution >= 4 is 12.0 Å². The summed E-state index contributed by atoms with van der Waals surface area (Å²) < 4.78 is 0. The van der Waals surface area contributed by atoms with Gasteiger partial charge in [-0.1, -0.05) is 34.1 Å². The first-order chi connectivity index (χ1) is 9.25. The van der Waals surface area contributed by atoms with Crippen molar-refractivity contribution in [3.05, 3.63) is 0 Å². The van der Waals surface area contributed by atoms with Crippen molar-refractivity contribution in [1.82, 2.24) is 10.6 Å². The minimum atomic E-state index is -0.973. The summed E-state index contributed by atoms with van der Waals surface area (Å²) in [4.78, 5) is 23.1. The molecule has 5 heteroatoms. The zero-order valence-electron chi connectivity index (χ0n) is 13.0. The van der Waals surface area contributed by atoms with E-state index in [1.807, 2.05) is 13.8 Å². The highest BCUT2D eigenvalue weighted by atomic mass is 16.4. The first kappa shape index (κ1) is 16.8. The molecule has 0 aliphatic heterocycles. The fourth-order valence-corrected chi connectivity index (χ4v) is 2.60. The fourth-order valence-electron chi connectivity index (χ4n) is 2.60. The number of urea groups is 1. The van der Waals surface area contributed by atoms with Crippen molar-refractivity contribution < 1.29 is 14.7 Å². The van der Waals surface area contributed by atoms with Gasteiger partial charge in [0, 0.05) is 6.04 Å². The highest BCUT2D eigenvalue weighted by Gasteiger charge is 2.29. The molecule has 1 rings (SSSR count). The number of carbonyl (C=O) groups is 2. The molecule has 0 aromatic carbocycles. The molecule has 0 spiro atoms. The molecule has 1 fully saturated rings. The Hall–Kier alpha value is -1.26. The van der Waals surface area contributed by atoms with Gasteiger partial charge in [0.05, 0.1) is 0 Å². The minimum absolute atomic E-state index is 0.0801. The number of nitrogens with one attached hydrogen (secondary N) is 2. The van der Waals surface area contributed by atoms with Crippen molar-refractivity contribution in [3.8, 4) is 0 Å². The zero-order chi connectivity index (χ0) is 15.3. The molecule has 0 aromatic heterocycles. The molecule has 0 bridgehead atoms. The second kappa shape index (κ2) is 6.95. The summed E-state index contributed by atoms with van der Waals surface area (Å²) in [5, 5.41) is 14.6. The SMILES string of the molecule is CC[C@H](C)[C@H](NC(=O)NC1CCC(C)(C)CC1)C(=O)O. The second-order valence-corrected chi connectivity index (χ2v) is 6.76. The van der Waals surface area contributed by atoms with Gasteiger partial charge in [0.2, 0.25) is 0 Å². The molecule has 2 amide bonds. The van der Waals surface area contributed by atoms with E-state index < -0.39 is 12.0 Å². The maximum Gasteiger partial charge on any atom is 0.326 e. The molecule has 2 atom stereocenters. The van der Waals surface area contributed by atoms with Crippen LogP contribution in [0.4, 0.5) is 4.79 Å². The third-order valence-electron chi connectivity index (χ3n) is 4.44. The second-order valence-electron chi connectivity index (χ2n) is 6.76. The molecule has 0 radical (unpaired) electrons. The molecule has 0 unspecified atom stereocenters. The van der Waals surface area contributed by atoms with E-state index in [1.54, 1.807) is 0 Å². The normalized spacial score (nSPS) is 21.8. The highest BCUT2D eigenvalue weighted by Crippen LogP contribution is 2.34. The quantitative estimate of drug-likeness (QED) is 0.726. The van der Waals surface area contributed by atoms with Crippen molar-refractivity contribution in [2.75, 3.05) is 0 Å². The molecular weight excluding hydrogens is 256 g/mol. The Morgan fingerprint density at radius 3 is 2.30 bits per heavy atom. The van der Waals surface area contributed by atoms with E-state index in [4.69, 9.17) is 5.11 Å². The number of amides is 2. The van der Waals surface area contributed by atoms with Crippen LogP contribution < -0.4 is 10.6 Å². The smallest absolute Gasteiger partial charge is 0.326 e. The lowest BCUT2D eigenvalue weighted by Crippen LogP contribution is -2.52. The van der Waals surface area contributed by atoms with Gasteiger partial charge >= 0.3 is 12.0 Å². The summed E-state index contributed by atoms with van der Waals surface area (Å²) in [7, 11) is 0. The van der Waals surface area contributed by atoms with Gasteiger partial charge < -0.3 is 15.7 Å². The minimum Gasteiger partial charge on any atom is -0.480 e. The molecule has 0 saturated heterocycles. The summed E-state index contributed by atoms with van der Waals surface area (Å²) in [6.45, 7) is 8.24. The van der Waals surface area contributed by atoms with Gasteiger partial charge in [0.25, 0.3) is 0 Å². The van der Waals surface area contributed by atoms with Gasteiger partial charge in [0.15, 0.2) is 0 Å². The number of aliphatic carboxylic acids is 1. The Morgan fingerprint density at radius 1 is 1.30 bits per heavy atom. The standard InChI is InChI=1S/C15H28N2O3/c1-5-10(2)12(13(18)19)17-14(20)16-11-6-8-15(3,4)9-7-11/h10-12H,5-9H2,1-4H3,(H,18,19)(H2,16,17,20)/t10-,12-/m0/s1. The van der Waals surface area contributed by atoms with Crippen LogP contribution in [0.15, 0.2) is 0 Å². The summed E-state index contributed by atoms with van der Waals surface area (Å²) in [5.74, 6) is -1.05. The van der Waals surface area contributed by atoms with E-state index in [9.17, 15) is 9.59 Å². The van der Waals surface area contributed by atoms with E-state index in [-0.39, 0.29) is 18.0 Å². The first-order valence-electron chi connectivity index (χ1n) is 7.55. The molecule has 1 aliphatic rings. The third kappa shape index (κ3) is 5.02. The Kier molecular flexibility index (Phi) is 5.84. The molecule has 20 heavy (non-hydrogen) atoms. The Bertz CT molecular complexity index is 345. The van der Waals surface area contributed by atoms with Gasteiger partial charge in [0.1, 0.15) is 6.04 Å². The Morgan fingerprint density at radius 2 is 1.85 bits per heavy atom. The summed E-state index contributed by atoms with van der Waals surface area (Å²) in [6.07, 6.45) is 4.81. The predicted octanol–water partition coefficient (Wildman–Crippen LogP) is 2.75. The highest BCUT2D eigenvalue weighted by molar-refractivity contribution is 5.82. The summed E-state index contributed by atoms with van der Waals surface area (Å²) >= 11 is 0. The monoisotopic (exact) mass is 284 g/mol. The van der Waals surface area contributed by atoms with E-state index in [1.165, 1.54) is 0 Å². The van der Waals surface area contributed by atoms with Crippen LogP contribution >= 0.6 is 0 Å². The molecule has 0 aromatic rings. The van der Waals surface area contributed by atoms with Gasteiger partial charge in [-0.25, -0.2) is 9.59 Å². The Balaban J connectivity index is 2.45. The molecule has 3 N–H and O–H groups in total. The van der Waals surface area contributed by atoms with Crippen molar-refractivity contribution in [3.63, 3.8) is 0 Å². The van der Waals surface area contributed by atoms with Crippen LogP contribution in [0.5, 0.6) is 0 Å². The topological polar surface area (TPSA) is 78.4 Å². The molecule has 5 nitrogen and oxygen atoms in total. The molecular formula is C15H28N2O3. The van der Waals surface area contributed by atoms with Gasteiger partial charge in [-0.05, 0) is 37.0 Å². The van der Waals surface area contributed by atoms with Crippen LogP contribution in [0, 0.1) is 11.3 Å². The van der Waals surface area contributed by atoms with Crippen LogP contribution in [-0.2, 0) is 4.79 Å². The average molecular weight is 284 g/mol. The first-order valence-corrected chi connectivity index (χ1v) is 7.55. The van der Waals surface area contributed by atoms with E-state index in [2.05, 4.69) is 24.5 Å². The lowest BCUT2D eigenvalue weighted by atomic mass is 9.76. The number of carbonyl (C=O) groups excluding carboxylic acids is 1. The van der Waals surface area contributed by atoms with Crippen molar-refractivity contribution in [2.24, 2.45) is 11.3 Å². The number of carboxylic acid groups (broad SMARTS) is 1. The molecule has 1 aliphatic carbocycles. The number of hydrogen-bond donors (Lipinski definition) is 3. The maximum atomic E-state index is 11.9.